The van der Waals surface area contributed by atoms with Crippen LogP contribution in [0.2, 0.25) is 0 Å². The van der Waals surface area contributed by atoms with Crippen molar-refractivity contribution >= 4 is 21.9 Å². The van der Waals surface area contributed by atoms with Gasteiger partial charge >= 0.3 is 0 Å². The standard InChI is InChI=1S/C12H19BrN4O/c1-3-4-9-10(13)11(18)15-12(14-9)17-7-5-16(2)6-8-17/h3-8H2,1-2H3,(H,14,15,18). The van der Waals surface area contributed by atoms with Crippen LogP contribution in [0.15, 0.2) is 9.27 Å². The SMILES string of the molecule is CCCc1nc(N2CCN(C)CC2)[nH]c(=O)c1Br. The third kappa shape index (κ3) is 2.92. The van der Waals surface area contributed by atoms with Crippen molar-refractivity contribution < 1.29 is 0 Å². The highest BCUT2D eigenvalue weighted by molar-refractivity contribution is 9.10. The van der Waals surface area contributed by atoms with E-state index in [1.54, 1.807) is 0 Å². The van der Waals surface area contributed by atoms with Gasteiger partial charge in [-0.3, -0.25) is 9.78 Å². The Morgan fingerprint density at radius 3 is 2.61 bits per heavy atom. The van der Waals surface area contributed by atoms with E-state index < -0.39 is 0 Å². The number of anilines is 1. The molecule has 6 heteroatoms. The minimum absolute atomic E-state index is 0.0811. The molecule has 1 aliphatic rings. The van der Waals surface area contributed by atoms with E-state index in [0.717, 1.165) is 44.7 Å². The molecule has 0 amide bonds. The molecular weight excluding hydrogens is 296 g/mol. The maximum Gasteiger partial charge on any atom is 0.266 e. The lowest BCUT2D eigenvalue weighted by molar-refractivity contribution is 0.311. The number of nitrogens with zero attached hydrogens (tertiary/aromatic N) is 3. The summed E-state index contributed by atoms with van der Waals surface area (Å²) in [5.41, 5.74) is 0.776. The topological polar surface area (TPSA) is 52.2 Å². The van der Waals surface area contributed by atoms with Gasteiger partial charge in [0.2, 0.25) is 5.95 Å². The molecule has 0 radical (unpaired) electrons. The van der Waals surface area contributed by atoms with E-state index in [2.05, 4.69) is 49.7 Å². The van der Waals surface area contributed by atoms with E-state index in [4.69, 9.17) is 0 Å². The number of hydrogen-bond donors (Lipinski definition) is 1. The number of aryl methyl sites for hydroxylation is 1. The van der Waals surface area contributed by atoms with Gasteiger partial charge in [0.05, 0.1) is 5.69 Å². The molecule has 5 nitrogen and oxygen atoms in total. The lowest BCUT2D eigenvalue weighted by atomic mass is 10.2. The molecule has 2 heterocycles. The summed E-state index contributed by atoms with van der Waals surface area (Å²) in [7, 11) is 2.11. The Hall–Kier alpha value is -0.880. The lowest BCUT2D eigenvalue weighted by Crippen LogP contribution is -2.45. The van der Waals surface area contributed by atoms with Crippen LogP contribution in [0.5, 0.6) is 0 Å². The molecule has 0 saturated carbocycles. The Morgan fingerprint density at radius 2 is 2.00 bits per heavy atom. The van der Waals surface area contributed by atoms with Crippen molar-refractivity contribution in [3.05, 3.63) is 20.5 Å². The molecular formula is C12H19BrN4O. The smallest absolute Gasteiger partial charge is 0.266 e. The fourth-order valence-corrected chi connectivity index (χ4v) is 2.45. The molecule has 0 atom stereocenters. The monoisotopic (exact) mass is 314 g/mol. The van der Waals surface area contributed by atoms with Gasteiger partial charge in [0.25, 0.3) is 5.56 Å². The summed E-state index contributed by atoms with van der Waals surface area (Å²) in [5.74, 6) is 0.708. The van der Waals surface area contributed by atoms with Gasteiger partial charge in [0.15, 0.2) is 0 Å². The summed E-state index contributed by atoms with van der Waals surface area (Å²) in [6.07, 6.45) is 1.81. The zero-order valence-corrected chi connectivity index (χ0v) is 12.5. The van der Waals surface area contributed by atoms with E-state index in [1.165, 1.54) is 0 Å². The molecule has 18 heavy (non-hydrogen) atoms. The number of halogens is 1. The van der Waals surface area contributed by atoms with Crippen LogP contribution < -0.4 is 10.5 Å². The Kier molecular flexibility index (Phi) is 4.40. The molecule has 1 aliphatic heterocycles. The van der Waals surface area contributed by atoms with Crippen molar-refractivity contribution in [3.8, 4) is 0 Å². The van der Waals surface area contributed by atoms with Gasteiger partial charge in [-0.2, -0.15) is 0 Å². The van der Waals surface area contributed by atoms with Crippen molar-refractivity contribution in [2.24, 2.45) is 0 Å². The predicted molar refractivity (Wildman–Crippen MR) is 76.3 cm³/mol. The number of H-pyrrole nitrogens is 1. The summed E-state index contributed by atoms with van der Waals surface area (Å²) in [4.78, 5) is 23.7. The Labute approximate surface area is 115 Å². The van der Waals surface area contributed by atoms with Gasteiger partial charge in [-0.05, 0) is 29.4 Å². The number of aromatic amines is 1. The van der Waals surface area contributed by atoms with Gasteiger partial charge in [-0.1, -0.05) is 13.3 Å². The number of rotatable bonds is 3. The molecule has 1 aromatic rings. The Morgan fingerprint density at radius 1 is 1.33 bits per heavy atom. The van der Waals surface area contributed by atoms with Gasteiger partial charge in [0.1, 0.15) is 4.47 Å². The number of aromatic nitrogens is 2. The van der Waals surface area contributed by atoms with Crippen LogP contribution in [0.25, 0.3) is 0 Å². The van der Waals surface area contributed by atoms with Crippen LogP contribution in [0.4, 0.5) is 5.95 Å². The van der Waals surface area contributed by atoms with Gasteiger partial charge in [-0.15, -0.1) is 0 Å². The number of nitrogens with one attached hydrogen (secondary N) is 1. The largest absolute Gasteiger partial charge is 0.340 e. The van der Waals surface area contributed by atoms with Crippen LogP contribution in [-0.2, 0) is 6.42 Å². The summed E-state index contributed by atoms with van der Waals surface area (Å²) in [5, 5.41) is 0. The second-order valence-electron chi connectivity index (χ2n) is 4.69. The number of hydrogen-bond acceptors (Lipinski definition) is 4. The maximum atomic E-state index is 11.9. The summed E-state index contributed by atoms with van der Waals surface area (Å²) in [6.45, 7) is 5.91. The lowest BCUT2D eigenvalue weighted by Gasteiger charge is -2.32. The third-order valence-electron chi connectivity index (χ3n) is 3.21. The second kappa shape index (κ2) is 5.84. The van der Waals surface area contributed by atoms with Gasteiger partial charge in [0, 0.05) is 26.2 Å². The van der Waals surface area contributed by atoms with Crippen molar-refractivity contribution in [2.75, 3.05) is 38.1 Å². The van der Waals surface area contributed by atoms with Crippen LogP contribution in [0, 0.1) is 0 Å². The maximum absolute atomic E-state index is 11.9. The fraction of sp³-hybridized carbons (Fsp3) is 0.667. The van der Waals surface area contributed by atoms with Crippen LogP contribution in [0.1, 0.15) is 19.0 Å². The second-order valence-corrected chi connectivity index (χ2v) is 5.48. The van der Waals surface area contributed by atoms with Gasteiger partial charge in [-0.25, -0.2) is 4.98 Å². The van der Waals surface area contributed by atoms with Crippen LogP contribution in [-0.4, -0.2) is 48.1 Å². The normalized spacial score (nSPS) is 17.2. The molecule has 1 aromatic heterocycles. The Bertz CT molecular complexity index is 466. The van der Waals surface area contributed by atoms with E-state index in [1.807, 2.05) is 0 Å². The van der Waals surface area contributed by atoms with E-state index in [-0.39, 0.29) is 5.56 Å². The molecule has 0 unspecified atom stereocenters. The molecule has 0 spiro atoms. The minimum Gasteiger partial charge on any atom is -0.340 e. The highest BCUT2D eigenvalue weighted by atomic mass is 79.9. The fourth-order valence-electron chi connectivity index (χ4n) is 2.06. The summed E-state index contributed by atoms with van der Waals surface area (Å²) >= 11 is 3.32. The average molecular weight is 315 g/mol. The summed E-state index contributed by atoms with van der Waals surface area (Å²) < 4.78 is 0.572. The number of piperazine rings is 1. The van der Waals surface area contributed by atoms with E-state index >= 15 is 0 Å². The molecule has 100 valence electrons. The zero-order valence-electron chi connectivity index (χ0n) is 10.9. The highest BCUT2D eigenvalue weighted by Gasteiger charge is 2.18. The molecule has 2 rings (SSSR count). The minimum atomic E-state index is -0.0811. The number of likely N-dealkylation sites (N-methyl/N-ethyl adjacent to an activating group) is 1. The van der Waals surface area contributed by atoms with Crippen LogP contribution >= 0.6 is 15.9 Å². The first kappa shape index (κ1) is 13.5. The molecule has 0 aliphatic carbocycles. The zero-order chi connectivity index (χ0) is 13.1. The van der Waals surface area contributed by atoms with Crippen molar-refractivity contribution in [1.29, 1.82) is 0 Å². The first-order valence-corrected chi connectivity index (χ1v) is 7.13. The first-order valence-electron chi connectivity index (χ1n) is 6.34. The molecule has 0 aromatic carbocycles. The molecule has 1 N–H and O–H groups in total. The highest BCUT2D eigenvalue weighted by Crippen LogP contribution is 2.15. The first-order chi connectivity index (χ1) is 8.61. The molecule has 1 fully saturated rings. The molecule has 0 bridgehead atoms. The van der Waals surface area contributed by atoms with Crippen LogP contribution in [0.3, 0.4) is 0 Å². The van der Waals surface area contributed by atoms with Gasteiger partial charge < -0.3 is 9.80 Å². The quantitative estimate of drug-likeness (QED) is 0.912. The van der Waals surface area contributed by atoms with Crippen molar-refractivity contribution in [2.45, 2.75) is 19.8 Å². The molecule has 1 saturated heterocycles. The third-order valence-corrected chi connectivity index (χ3v) is 4.03. The summed E-state index contributed by atoms with van der Waals surface area (Å²) in [6, 6.07) is 0. The van der Waals surface area contributed by atoms with Crippen molar-refractivity contribution in [1.82, 2.24) is 14.9 Å². The van der Waals surface area contributed by atoms with Crippen molar-refractivity contribution in [3.63, 3.8) is 0 Å². The Balaban J connectivity index is 2.25. The average Bonchev–Trinajstić information content (AvgIpc) is 2.36. The predicted octanol–water partition coefficient (Wildman–Crippen LogP) is 1.24. The van der Waals surface area contributed by atoms with E-state index in [0.29, 0.717) is 10.4 Å². The van der Waals surface area contributed by atoms with E-state index in [9.17, 15) is 4.79 Å².